The van der Waals surface area contributed by atoms with E-state index in [-0.39, 0.29) is 42.0 Å². The van der Waals surface area contributed by atoms with Gasteiger partial charge in [0.15, 0.2) is 21.7 Å². The largest absolute Gasteiger partial charge is 1.00 e. The number of imidazole rings is 1. The van der Waals surface area contributed by atoms with E-state index in [1.165, 1.54) is 10.9 Å². The van der Waals surface area contributed by atoms with Crippen molar-refractivity contribution < 1.29 is 53.3 Å². The Bertz CT molecular complexity index is 841. The van der Waals surface area contributed by atoms with Crippen molar-refractivity contribution in [3.8, 4) is 0 Å². The van der Waals surface area contributed by atoms with E-state index in [1.54, 1.807) is 0 Å². The maximum absolute atomic E-state index is 12.7. The molecule has 2 aromatic heterocycles. The summed E-state index contributed by atoms with van der Waals surface area (Å²) in [6, 6.07) is 0. The smallest absolute Gasteiger partial charge is 0.847 e. The van der Waals surface area contributed by atoms with Crippen LogP contribution in [0, 0.1) is 0 Å². The Morgan fingerprint density at radius 3 is 3.00 bits per heavy atom. The third kappa shape index (κ3) is 3.08. The van der Waals surface area contributed by atoms with Gasteiger partial charge in [-0.15, -0.1) is 0 Å². The normalized spacial score (nSPS) is 35.6. The molecular weight excluding hydrogens is 436 g/mol. The van der Waals surface area contributed by atoms with Gasteiger partial charge in [0.2, 0.25) is 0 Å². The Balaban J connectivity index is 0.00000169. The second-order valence-corrected chi connectivity index (χ2v) is 8.55. The summed E-state index contributed by atoms with van der Waals surface area (Å²) in [5.74, 6) is 0.192. The Labute approximate surface area is 171 Å². The van der Waals surface area contributed by atoms with E-state index >= 15 is 0 Å². The number of ether oxygens (including phenoxy) is 1. The molecule has 0 aromatic carbocycles. The van der Waals surface area contributed by atoms with Crippen LogP contribution in [0.4, 0.5) is 5.82 Å². The first-order valence-corrected chi connectivity index (χ1v) is 9.87. The van der Waals surface area contributed by atoms with E-state index < -0.39 is 31.3 Å². The molecule has 10 nitrogen and oxygen atoms in total. The van der Waals surface area contributed by atoms with E-state index in [0.717, 1.165) is 0 Å². The van der Waals surface area contributed by atoms with Crippen molar-refractivity contribution in [1.29, 1.82) is 0 Å². The SMILES string of the molecule is Nc1ncnc2c1nc(Br)n2[C@@H]1O[C@@H]2COP(O)(=S)O[C@H]2[C@H]1[O-].[Na+]. The van der Waals surface area contributed by atoms with Crippen LogP contribution in [-0.2, 0) is 25.6 Å². The molecule has 124 valence electrons. The van der Waals surface area contributed by atoms with Crippen LogP contribution in [0.25, 0.3) is 11.2 Å². The Morgan fingerprint density at radius 2 is 2.25 bits per heavy atom. The average molecular weight is 446 g/mol. The third-order valence-corrected chi connectivity index (χ3v) is 5.78. The fraction of sp³-hybridized carbons (Fsp3) is 0.500. The fourth-order valence-electron chi connectivity index (χ4n) is 2.65. The molecule has 2 saturated heterocycles. The number of anilines is 1. The molecule has 14 heteroatoms. The van der Waals surface area contributed by atoms with Gasteiger partial charge in [-0.3, -0.25) is 4.57 Å². The molecule has 0 radical (unpaired) electrons. The van der Waals surface area contributed by atoms with E-state index in [4.69, 9.17) is 31.3 Å². The van der Waals surface area contributed by atoms with Gasteiger partial charge in [0.1, 0.15) is 18.7 Å². The second kappa shape index (κ2) is 6.78. The van der Waals surface area contributed by atoms with E-state index in [9.17, 15) is 10.00 Å². The number of hydrogen-bond donors (Lipinski definition) is 2. The summed E-state index contributed by atoms with van der Waals surface area (Å²) in [6.07, 6.45) is -2.57. The molecule has 4 heterocycles. The molecule has 2 aromatic rings. The molecule has 24 heavy (non-hydrogen) atoms. The first kappa shape index (κ1) is 19.1. The predicted molar refractivity (Wildman–Crippen MR) is 82.5 cm³/mol. The van der Waals surface area contributed by atoms with Crippen molar-refractivity contribution in [3.05, 3.63) is 11.1 Å². The molecule has 2 aliphatic rings. The first-order chi connectivity index (χ1) is 10.9. The maximum Gasteiger partial charge on any atom is 1.00 e. The van der Waals surface area contributed by atoms with Gasteiger partial charge in [-0.05, 0) is 33.8 Å². The van der Waals surface area contributed by atoms with Crippen LogP contribution >= 0.6 is 22.6 Å². The summed E-state index contributed by atoms with van der Waals surface area (Å²) in [4.78, 5) is 21.9. The molecular formula is C10H10BrN5NaO5PS. The van der Waals surface area contributed by atoms with Crippen LogP contribution < -0.4 is 40.4 Å². The zero-order chi connectivity index (χ0) is 16.4. The molecule has 2 aliphatic heterocycles. The maximum atomic E-state index is 12.7. The minimum Gasteiger partial charge on any atom is -0.847 e. The second-order valence-electron chi connectivity index (χ2n) is 5.05. The molecule has 0 amide bonds. The molecule has 3 N–H and O–H groups in total. The van der Waals surface area contributed by atoms with Crippen LogP contribution in [0.15, 0.2) is 11.1 Å². The number of fused-ring (bicyclic) bond motifs is 2. The predicted octanol–water partition coefficient (Wildman–Crippen LogP) is -3.57. The van der Waals surface area contributed by atoms with Crippen molar-refractivity contribution in [3.63, 3.8) is 0 Å². The van der Waals surface area contributed by atoms with Crippen LogP contribution in [-0.4, -0.2) is 49.3 Å². The quantitative estimate of drug-likeness (QED) is 0.257. The number of halogens is 1. The topological polar surface area (TPSA) is 141 Å². The zero-order valence-corrected chi connectivity index (χ0v) is 17.6. The van der Waals surface area contributed by atoms with Crippen LogP contribution in [0.1, 0.15) is 6.23 Å². The minimum atomic E-state index is -3.39. The summed E-state index contributed by atoms with van der Waals surface area (Å²) >= 11 is 8.07. The molecule has 0 saturated carbocycles. The van der Waals surface area contributed by atoms with Crippen molar-refractivity contribution in [2.24, 2.45) is 0 Å². The van der Waals surface area contributed by atoms with E-state index in [1.807, 2.05) is 0 Å². The van der Waals surface area contributed by atoms with Gasteiger partial charge in [0.25, 0.3) is 0 Å². The first-order valence-electron chi connectivity index (χ1n) is 6.48. The Kier molecular flexibility index (Phi) is 5.38. The third-order valence-electron chi connectivity index (χ3n) is 3.66. The molecule has 0 spiro atoms. The molecule has 5 atom stereocenters. The van der Waals surface area contributed by atoms with Gasteiger partial charge in [-0.25, -0.2) is 15.0 Å². The summed E-state index contributed by atoms with van der Waals surface area (Å²) < 4.78 is 17.8. The summed E-state index contributed by atoms with van der Waals surface area (Å²) in [5, 5.41) is 12.7. The van der Waals surface area contributed by atoms with Gasteiger partial charge < -0.3 is 29.5 Å². The van der Waals surface area contributed by atoms with Crippen LogP contribution in [0.5, 0.6) is 0 Å². The van der Waals surface area contributed by atoms with E-state index in [0.29, 0.717) is 15.9 Å². The Hall–Kier alpha value is 0.280. The van der Waals surface area contributed by atoms with E-state index in [2.05, 4.69) is 30.9 Å². The van der Waals surface area contributed by atoms with Gasteiger partial charge in [-0.1, -0.05) is 0 Å². The van der Waals surface area contributed by atoms with Crippen molar-refractivity contribution in [2.75, 3.05) is 12.3 Å². The van der Waals surface area contributed by atoms with Gasteiger partial charge >= 0.3 is 36.3 Å². The standard InChI is InChI=1S/C10H10BrN5O5PS.Na/c11-10-15-4-7(12)13-2-14-8(4)16(10)9-5(17)6-3(20-9)1-19-22(18,23)21-6;/h2-3,5-6,9H,1H2,(H,18,23)(H2,12,13,14);/q-1;+1/t3-,5-,6-,9-,22?;/m1./s1. The number of rotatable bonds is 1. The molecule has 1 unspecified atom stereocenters. The molecule has 2 fully saturated rings. The van der Waals surface area contributed by atoms with Gasteiger partial charge in [0.05, 0.1) is 12.7 Å². The number of aromatic nitrogens is 4. The monoisotopic (exact) mass is 445 g/mol. The van der Waals surface area contributed by atoms with Gasteiger partial charge in [0, 0.05) is 0 Å². The van der Waals surface area contributed by atoms with Crippen molar-refractivity contribution in [1.82, 2.24) is 19.5 Å². The zero-order valence-electron chi connectivity index (χ0n) is 12.3. The fourth-order valence-corrected chi connectivity index (χ4v) is 4.64. The van der Waals surface area contributed by atoms with Crippen LogP contribution in [0.2, 0.25) is 0 Å². The Morgan fingerprint density at radius 1 is 1.50 bits per heavy atom. The minimum absolute atomic E-state index is 0. The average Bonchev–Trinajstić information content (AvgIpc) is 2.97. The van der Waals surface area contributed by atoms with Crippen molar-refractivity contribution >= 4 is 51.4 Å². The van der Waals surface area contributed by atoms with Gasteiger partial charge in [-0.2, -0.15) is 0 Å². The summed E-state index contributed by atoms with van der Waals surface area (Å²) in [7, 11) is 0. The molecule has 0 bridgehead atoms. The number of hydrogen-bond acceptors (Lipinski definition) is 9. The molecule has 0 aliphatic carbocycles. The number of nitrogen functional groups attached to an aromatic ring is 1. The molecule has 4 rings (SSSR count). The summed E-state index contributed by atoms with van der Waals surface area (Å²) in [6.45, 7) is -3.40. The number of nitrogens with two attached hydrogens (primary N) is 1. The summed E-state index contributed by atoms with van der Waals surface area (Å²) in [5.41, 5.74) is 6.49. The number of nitrogens with zero attached hydrogens (tertiary/aromatic N) is 4. The van der Waals surface area contributed by atoms with Crippen LogP contribution in [0.3, 0.4) is 0 Å². The van der Waals surface area contributed by atoms with Crippen molar-refractivity contribution in [2.45, 2.75) is 24.5 Å².